The van der Waals surface area contributed by atoms with Crippen LogP contribution < -0.4 is 15.6 Å². The monoisotopic (exact) mass is 426 g/mol. The van der Waals surface area contributed by atoms with Crippen molar-refractivity contribution in [2.75, 3.05) is 10.0 Å². The molecule has 4 aromatic rings. The summed E-state index contributed by atoms with van der Waals surface area (Å²) in [5.41, 5.74) is 0.714. The molecule has 0 aliphatic carbocycles. The third-order valence-corrected chi connectivity index (χ3v) is 6.17. The van der Waals surface area contributed by atoms with Crippen molar-refractivity contribution in [2.24, 2.45) is 0 Å². The van der Waals surface area contributed by atoms with Crippen molar-refractivity contribution < 1.29 is 17.6 Å². The largest absolute Gasteiger partial charge is 0.438 e. The molecule has 0 aliphatic rings. The van der Waals surface area contributed by atoms with Crippen molar-refractivity contribution in [1.29, 1.82) is 5.41 Å². The molecule has 0 unspecified atom stereocenters. The summed E-state index contributed by atoms with van der Waals surface area (Å²) in [6.45, 7) is 0. The number of carbonyl (C=O) groups excluding carboxylic acids is 1. The van der Waals surface area contributed by atoms with Crippen LogP contribution in [0.15, 0.2) is 75.5 Å². The number of sulfonamides is 1. The first kappa shape index (κ1) is 18.8. The second-order valence-corrected chi connectivity index (χ2v) is 8.53. The highest BCUT2D eigenvalue weighted by atomic mass is 32.2. The Balaban J connectivity index is 1.54. The minimum atomic E-state index is -3.77. The molecule has 2 aromatic carbocycles. The molecular weight excluding hydrogens is 412 g/mol. The summed E-state index contributed by atoms with van der Waals surface area (Å²) >= 11 is 1.17. The summed E-state index contributed by atoms with van der Waals surface area (Å²) in [5.74, 6) is -0.527. The summed E-state index contributed by atoms with van der Waals surface area (Å²) < 4.78 is 32.5. The van der Waals surface area contributed by atoms with E-state index in [0.717, 1.165) is 0 Å². The molecule has 2 heterocycles. The third kappa shape index (κ3) is 4.03. The van der Waals surface area contributed by atoms with Crippen LogP contribution in [0.4, 0.5) is 10.8 Å². The minimum absolute atomic E-state index is 0.0348. The van der Waals surface area contributed by atoms with Gasteiger partial charge in [0.15, 0.2) is 5.13 Å². The second-order valence-electron chi connectivity index (χ2n) is 5.95. The van der Waals surface area contributed by atoms with Crippen LogP contribution in [0.1, 0.15) is 10.4 Å². The Morgan fingerprint density at radius 1 is 1.10 bits per heavy atom. The van der Waals surface area contributed by atoms with Crippen LogP contribution in [-0.2, 0) is 10.0 Å². The molecule has 0 fully saturated rings. The lowest BCUT2D eigenvalue weighted by Gasteiger charge is -2.08. The summed E-state index contributed by atoms with van der Waals surface area (Å²) in [4.78, 5) is 16.5. The first-order valence-corrected chi connectivity index (χ1v) is 10.7. The van der Waals surface area contributed by atoms with E-state index in [0.29, 0.717) is 16.7 Å². The van der Waals surface area contributed by atoms with Crippen LogP contribution in [0, 0.1) is 5.41 Å². The number of fused-ring (bicyclic) bond motifs is 1. The number of nitrogens with one attached hydrogen (secondary N) is 3. The Labute approximate surface area is 169 Å². The molecular formula is C19H14N4O4S2. The molecule has 0 spiro atoms. The van der Waals surface area contributed by atoms with E-state index >= 15 is 0 Å². The number of hydrogen-bond donors (Lipinski definition) is 3. The van der Waals surface area contributed by atoms with Crippen LogP contribution in [0.2, 0.25) is 0 Å². The molecule has 29 heavy (non-hydrogen) atoms. The van der Waals surface area contributed by atoms with Gasteiger partial charge in [-0.15, -0.1) is 11.3 Å². The smallest absolute Gasteiger partial charge is 0.263 e. The Morgan fingerprint density at radius 2 is 1.86 bits per heavy atom. The number of hydrogen-bond acceptors (Lipinski definition) is 7. The van der Waals surface area contributed by atoms with Crippen LogP contribution in [0.5, 0.6) is 0 Å². The van der Waals surface area contributed by atoms with Crippen molar-refractivity contribution in [3.63, 3.8) is 0 Å². The van der Waals surface area contributed by atoms with E-state index in [2.05, 4.69) is 15.0 Å². The Kier molecular flexibility index (Phi) is 4.87. The van der Waals surface area contributed by atoms with E-state index in [4.69, 9.17) is 9.83 Å². The van der Waals surface area contributed by atoms with Gasteiger partial charge in [-0.25, -0.2) is 13.4 Å². The van der Waals surface area contributed by atoms with Gasteiger partial charge in [-0.05, 0) is 36.4 Å². The lowest BCUT2D eigenvalue weighted by molar-refractivity contribution is 0.102. The fourth-order valence-electron chi connectivity index (χ4n) is 2.61. The summed E-state index contributed by atoms with van der Waals surface area (Å²) in [7, 11) is -3.77. The number of thiazole rings is 1. The average Bonchev–Trinajstić information content (AvgIpc) is 3.20. The fraction of sp³-hybridized carbons (Fsp3) is 0. The number of rotatable bonds is 5. The van der Waals surface area contributed by atoms with Gasteiger partial charge in [0.2, 0.25) is 5.55 Å². The SMILES string of the molecule is N=c1oc2ccccc2cc1C(=O)Nc1ccc(S(=O)(=O)Nc2nccs2)cc1. The highest BCUT2D eigenvalue weighted by Crippen LogP contribution is 2.20. The van der Waals surface area contributed by atoms with Crippen molar-refractivity contribution >= 4 is 49.1 Å². The van der Waals surface area contributed by atoms with Gasteiger partial charge >= 0.3 is 0 Å². The molecule has 0 saturated carbocycles. The average molecular weight is 426 g/mol. The molecule has 0 saturated heterocycles. The van der Waals surface area contributed by atoms with Gasteiger partial charge in [-0.3, -0.25) is 14.9 Å². The topological polar surface area (TPSA) is 125 Å². The summed E-state index contributed by atoms with van der Waals surface area (Å²) in [5, 5.41) is 13.2. The first-order valence-electron chi connectivity index (χ1n) is 8.33. The van der Waals surface area contributed by atoms with E-state index in [1.165, 1.54) is 41.8 Å². The van der Waals surface area contributed by atoms with Gasteiger partial charge in [-0.1, -0.05) is 18.2 Å². The number of amides is 1. The standard InChI is InChI=1S/C19H14N4O4S2/c20-17-15(11-12-3-1-2-4-16(12)27-17)18(24)22-13-5-7-14(8-6-13)29(25,26)23-19-21-9-10-28-19/h1-11,20H,(H,21,23)(H,22,24). The van der Waals surface area contributed by atoms with Crippen molar-refractivity contribution in [1.82, 2.24) is 4.98 Å². The fourth-order valence-corrected chi connectivity index (χ4v) is 4.40. The number of nitrogens with zero attached hydrogens (tertiary/aromatic N) is 1. The maximum absolute atomic E-state index is 12.5. The molecule has 1 amide bonds. The van der Waals surface area contributed by atoms with E-state index in [-0.39, 0.29) is 21.1 Å². The third-order valence-electron chi connectivity index (χ3n) is 4.00. The molecule has 0 bridgehead atoms. The van der Waals surface area contributed by atoms with Gasteiger partial charge < -0.3 is 9.73 Å². The zero-order chi connectivity index (χ0) is 20.4. The highest BCUT2D eigenvalue weighted by molar-refractivity contribution is 7.93. The number of benzene rings is 2. The minimum Gasteiger partial charge on any atom is -0.438 e. The Bertz CT molecular complexity index is 1350. The predicted molar refractivity (Wildman–Crippen MR) is 109 cm³/mol. The maximum Gasteiger partial charge on any atom is 0.263 e. The molecule has 0 atom stereocenters. The van der Waals surface area contributed by atoms with Gasteiger partial charge in [0.05, 0.1) is 4.90 Å². The van der Waals surface area contributed by atoms with Crippen LogP contribution in [0.3, 0.4) is 0 Å². The van der Waals surface area contributed by atoms with Crippen molar-refractivity contribution in [3.05, 3.63) is 77.3 Å². The molecule has 0 aliphatic heterocycles. The second kappa shape index (κ2) is 7.49. The van der Waals surface area contributed by atoms with Gasteiger partial charge in [-0.2, -0.15) is 0 Å². The molecule has 146 valence electrons. The van der Waals surface area contributed by atoms with E-state index in [1.807, 2.05) is 6.07 Å². The molecule has 8 nitrogen and oxygen atoms in total. The zero-order valence-corrected chi connectivity index (χ0v) is 16.4. The van der Waals surface area contributed by atoms with Crippen LogP contribution in [0.25, 0.3) is 11.0 Å². The Hall–Kier alpha value is -3.50. The molecule has 3 N–H and O–H groups in total. The van der Waals surface area contributed by atoms with Crippen LogP contribution in [-0.4, -0.2) is 19.3 Å². The van der Waals surface area contributed by atoms with Gasteiger partial charge in [0, 0.05) is 22.7 Å². The van der Waals surface area contributed by atoms with E-state index < -0.39 is 15.9 Å². The van der Waals surface area contributed by atoms with Gasteiger partial charge in [0.1, 0.15) is 11.1 Å². The normalized spacial score (nSPS) is 11.3. The van der Waals surface area contributed by atoms with E-state index in [1.54, 1.807) is 29.6 Å². The quantitative estimate of drug-likeness (QED) is 0.451. The highest BCUT2D eigenvalue weighted by Gasteiger charge is 2.16. The summed E-state index contributed by atoms with van der Waals surface area (Å²) in [6.07, 6.45) is 1.50. The van der Waals surface area contributed by atoms with Gasteiger partial charge in [0.25, 0.3) is 15.9 Å². The predicted octanol–water partition coefficient (Wildman–Crippen LogP) is 3.42. The zero-order valence-electron chi connectivity index (χ0n) is 14.7. The van der Waals surface area contributed by atoms with Crippen molar-refractivity contribution in [3.8, 4) is 0 Å². The summed E-state index contributed by atoms with van der Waals surface area (Å²) in [6, 6.07) is 14.3. The van der Waals surface area contributed by atoms with Crippen LogP contribution >= 0.6 is 11.3 Å². The Morgan fingerprint density at radius 3 is 2.59 bits per heavy atom. The number of carbonyl (C=O) groups is 1. The first-order chi connectivity index (χ1) is 13.9. The maximum atomic E-state index is 12.5. The van der Waals surface area contributed by atoms with E-state index in [9.17, 15) is 13.2 Å². The lowest BCUT2D eigenvalue weighted by atomic mass is 10.1. The molecule has 2 aromatic heterocycles. The molecule has 10 heteroatoms. The molecule has 0 radical (unpaired) electrons. The van der Waals surface area contributed by atoms with Crippen molar-refractivity contribution in [2.45, 2.75) is 4.90 Å². The number of anilines is 2. The number of aromatic nitrogens is 1. The lowest BCUT2D eigenvalue weighted by Crippen LogP contribution is -2.21. The number of para-hydroxylation sites is 1. The molecule has 4 rings (SSSR count).